The third kappa shape index (κ3) is 9.71. The molecule has 2 aliphatic carbocycles. The van der Waals surface area contributed by atoms with E-state index in [4.69, 9.17) is 24.2 Å². The number of aliphatic hydroxyl groups excluding tert-OH is 2. The molecule has 6 rings (SSSR count). The topological polar surface area (TPSA) is 122 Å². The fourth-order valence-electron chi connectivity index (χ4n) is 8.28. The van der Waals surface area contributed by atoms with Crippen LogP contribution in [-0.2, 0) is 14.4 Å². The Balaban J connectivity index is 1.51. The third-order valence-corrected chi connectivity index (χ3v) is 12.0. The highest BCUT2D eigenvalue weighted by molar-refractivity contribution is 8.00. The number of carbonyl (C=O) groups is 1. The van der Waals surface area contributed by atoms with E-state index in [1.807, 2.05) is 51.1 Å². The van der Waals surface area contributed by atoms with Gasteiger partial charge in [0.05, 0.1) is 23.5 Å². The fraction of sp³-hybridized carbons (Fsp3) is 0.581. The van der Waals surface area contributed by atoms with Gasteiger partial charge in [-0.3, -0.25) is 9.69 Å². The van der Waals surface area contributed by atoms with Crippen LogP contribution in [0, 0.1) is 17.8 Å². The van der Waals surface area contributed by atoms with Crippen LogP contribution in [0.5, 0.6) is 11.5 Å². The molecule has 1 saturated heterocycles. The average Bonchev–Trinajstić information content (AvgIpc) is 3.97. The molecular formula is C43H59N3O7S. The fourth-order valence-corrected chi connectivity index (χ4v) is 9.57. The van der Waals surface area contributed by atoms with Crippen LogP contribution in [-0.4, -0.2) is 89.4 Å². The maximum atomic E-state index is 11.8. The summed E-state index contributed by atoms with van der Waals surface area (Å²) in [5.41, 5.74) is 3.33. The van der Waals surface area contributed by atoms with Gasteiger partial charge in [-0.25, -0.2) is 0 Å². The first kappa shape index (κ1) is 40.3. The van der Waals surface area contributed by atoms with E-state index < -0.39 is 11.4 Å². The zero-order valence-corrected chi connectivity index (χ0v) is 33.2. The maximum Gasteiger partial charge on any atom is 0.231 e. The Labute approximate surface area is 325 Å². The number of anilines is 1. The van der Waals surface area contributed by atoms with Crippen LogP contribution in [0.2, 0.25) is 0 Å². The summed E-state index contributed by atoms with van der Waals surface area (Å²) in [6, 6.07) is 14.1. The zero-order chi connectivity index (χ0) is 38.3. The second-order valence-electron chi connectivity index (χ2n) is 16.0. The molecule has 1 saturated carbocycles. The highest BCUT2D eigenvalue weighted by Gasteiger charge is 2.64. The molecule has 0 aromatic heterocycles. The lowest BCUT2D eigenvalue weighted by Gasteiger charge is -2.58. The van der Waals surface area contributed by atoms with E-state index in [0.717, 1.165) is 97.1 Å². The van der Waals surface area contributed by atoms with Crippen LogP contribution in [0.4, 0.5) is 5.69 Å². The van der Waals surface area contributed by atoms with Gasteiger partial charge in [0.25, 0.3) is 0 Å². The molecule has 6 atom stereocenters. The standard InChI is InChI=1S/C43H59N3O7S/c1-6-24-51-43-39(54-33-16-13-31(14-17-33)44-29(2)49)28-37(45-53-42(3,4)5)35-26-30(11-7-9-22-47)34(12-8-10-23-48)40(41(35)43)36-27-32(15-18-38(36)52-43)50-25-21-46-19-20-46/h6,13-18,26-27,30,34,39-41,47-48H,1,7-12,19-25,28H2,2-5H3,(H,44,49)/t30-,34+,39-,40+,41+,43+/m0/s1. The maximum absolute atomic E-state index is 11.8. The van der Waals surface area contributed by atoms with E-state index in [1.54, 1.807) is 17.8 Å². The molecule has 2 aromatic carbocycles. The molecule has 54 heavy (non-hydrogen) atoms. The van der Waals surface area contributed by atoms with Crippen molar-refractivity contribution < 1.29 is 34.1 Å². The Morgan fingerprint density at radius 1 is 1.09 bits per heavy atom. The number of nitrogens with zero attached hydrogens (tertiary/aromatic N) is 2. The van der Waals surface area contributed by atoms with Crippen molar-refractivity contribution in [3.05, 3.63) is 72.3 Å². The van der Waals surface area contributed by atoms with Crippen LogP contribution in [0.1, 0.15) is 84.1 Å². The first-order valence-corrected chi connectivity index (χ1v) is 20.6. The first-order chi connectivity index (χ1) is 26.0. The number of amides is 1. The average molecular weight is 762 g/mol. The van der Waals surface area contributed by atoms with Crippen LogP contribution < -0.4 is 14.8 Å². The molecule has 0 radical (unpaired) electrons. The highest BCUT2D eigenvalue weighted by atomic mass is 32.2. The quantitative estimate of drug-likeness (QED) is 0.0577. The smallest absolute Gasteiger partial charge is 0.231 e. The number of hydrogen-bond acceptors (Lipinski definition) is 10. The second-order valence-corrected chi connectivity index (χ2v) is 17.2. The van der Waals surface area contributed by atoms with Crippen LogP contribution in [0.3, 0.4) is 0 Å². The van der Waals surface area contributed by atoms with Crippen molar-refractivity contribution in [3.63, 3.8) is 0 Å². The minimum Gasteiger partial charge on any atom is -0.492 e. The highest BCUT2D eigenvalue weighted by Crippen LogP contribution is 2.63. The number of oxime groups is 1. The number of allylic oxidation sites excluding steroid dienone is 1. The number of thioether (sulfide) groups is 1. The summed E-state index contributed by atoms with van der Waals surface area (Å²) < 4.78 is 20.7. The molecule has 2 aliphatic heterocycles. The van der Waals surface area contributed by atoms with E-state index in [-0.39, 0.29) is 48.0 Å². The first-order valence-electron chi connectivity index (χ1n) is 19.7. The summed E-state index contributed by atoms with van der Waals surface area (Å²) in [6.07, 6.45) is 9.84. The molecule has 3 N–H and O–H groups in total. The van der Waals surface area contributed by atoms with Crippen LogP contribution in [0.25, 0.3) is 0 Å². The molecule has 0 spiro atoms. The van der Waals surface area contributed by atoms with E-state index in [2.05, 4.69) is 35.0 Å². The van der Waals surface area contributed by atoms with Crippen molar-refractivity contribution in [2.24, 2.45) is 22.9 Å². The van der Waals surface area contributed by atoms with Crippen molar-refractivity contribution in [3.8, 4) is 11.5 Å². The number of unbranched alkanes of at least 4 members (excludes halogenated alkanes) is 2. The van der Waals surface area contributed by atoms with Gasteiger partial charge in [-0.15, -0.1) is 18.3 Å². The third-order valence-electron chi connectivity index (χ3n) is 10.7. The molecule has 11 heteroatoms. The normalized spacial score (nSPS) is 26.6. The van der Waals surface area contributed by atoms with E-state index in [0.29, 0.717) is 19.6 Å². The molecule has 10 nitrogen and oxygen atoms in total. The zero-order valence-electron chi connectivity index (χ0n) is 32.4. The van der Waals surface area contributed by atoms with Gasteiger partial charge in [-0.2, -0.15) is 0 Å². The molecule has 1 amide bonds. The van der Waals surface area contributed by atoms with Crippen molar-refractivity contribution in [2.75, 3.05) is 51.4 Å². The van der Waals surface area contributed by atoms with Gasteiger partial charge in [0.1, 0.15) is 23.7 Å². The monoisotopic (exact) mass is 761 g/mol. The number of aliphatic hydroxyl groups is 2. The van der Waals surface area contributed by atoms with Gasteiger partial charge in [0.2, 0.25) is 11.7 Å². The predicted octanol–water partition coefficient (Wildman–Crippen LogP) is 7.56. The van der Waals surface area contributed by atoms with Gasteiger partial charge in [-0.1, -0.05) is 30.1 Å². The number of fused-ring (bicyclic) bond motifs is 2. The van der Waals surface area contributed by atoms with Crippen molar-refractivity contribution >= 4 is 29.1 Å². The van der Waals surface area contributed by atoms with E-state index >= 15 is 0 Å². The SMILES string of the molecule is C=CCO[C@@]12Oc3ccc(OCCN4CC4)cc3[C@H]3[C@H](CCCCO)[C@@H](CCCCO)C=C(C(=NOC(C)(C)C)C[C@@H]1Sc1ccc(NC(C)=O)cc1)[C@H]32. The van der Waals surface area contributed by atoms with Gasteiger partial charge in [-0.05, 0) is 106 Å². The number of benzene rings is 2. The van der Waals surface area contributed by atoms with Gasteiger partial charge in [0.15, 0.2) is 0 Å². The largest absolute Gasteiger partial charge is 0.492 e. The second kappa shape index (κ2) is 18.1. The lowest BCUT2D eigenvalue weighted by molar-refractivity contribution is -0.223. The molecule has 2 aromatic rings. The summed E-state index contributed by atoms with van der Waals surface area (Å²) in [4.78, 5) is 21.3. The molecule has 0 unspecified atom stereocenters. The Morgan fingerprint density at radius 3 is 2.50 bits per heavy atom. The predicted molar refractivity (Wildman–Crippen MR) is 214 cm³/mol. The summed E-state index contributed by atoms with van der Waals surface area (Å²) in [6.45, 7) is 16.0. The summed E-state index contributed by atoms with van der Waals surface area (Å²) in [5.74, 6) is 0.561. The Morgan fingerprint density at radius 2 is 1.83 bits per heavy atom. The molecule has 2 heterocycles. The number of rotatable bonds is 19. The molecule has 2 fully saturated rings. The molecule has 294 valence electrons. The minimum atomic E-state index is -1.09. The Hall–Kier alpha value is -3.35. The summed E-state index contributed by atoms with van der Waals surface area (Å²) in [7, 11) is 0. The number of carbonyl (C=O) groups excluding carboxylic acids is 1. The minimum absolute atomic E-state index is 0.0162. The molecule has 4 aliphatic rings. The number of nitrogens with one attached hydrogen (secondary N) is 1. The van der Waals surface area contributed by atoms with Crippen molar-refractivity contribution in [1.29, 1.82) is 0 Å². The number of ether oxygens (including phenoxy) is 3. The Kier molecular flexibility index (Phi) is 13.5. The van der Waals surface area contributed by atoms with Gasteiger partial charge in [0, 0.05) is 68.3 Å². The van der Waals surface area contributed by atoms with Crippen molar-refractivity contribution in [1.82, 2.24) is 4.90 Å². The lowest BCUT2D eigenvalue weighted by atomic mass is 9.56. The Bertz CT molecular complexity index is 1650. The van der Waals surface area contributed by atoms with Crippen LogP contribution >= 0.6 is 11.8 Å². The summed E-state index contributed by atoms with van der Waals surface area (Å²) >= 11 is 1.69. The molecule has 0 bridgehead atoms. The van der Waals surface area contributed by atoms with Crippen LogP contribution in [0.15, 0.2) is 76.8 Å². The summed E-state index contributed by atoms with van der Waals surface area (Å²) in [5, 5.41) is 27.2. The van der Waals surface area contributed by atoms with E-state index in [1.165, 1.54) is 6.92 Å². The lowest BCUT2D eigenvalue weighted by Crippen LogP contribution is -2.64. The van der Waals surface area contributed by atoms with Crippen molar-refractivity contribution in [2.45, 2.75) is 100 Å². The molecular weight excluding hydrogens is 703 g/mol. The van der Waals surface area contributed by atoms with E-state index in [9.17, 15) is 15.0 Å². The number of hydrogen-bond donors (Lipinski definition) is 3. The van der Waals surface area contributed by atoms with Gasteiger partial charge < -0.3 is 34.6 Å². The van der Waals surface area contributed by atoms with Gasteiger partial charge >= 0.3 is 0 Å².